The third-order valence-electron chi connectivity index (χ3n) is 5.71. The molecule has 0 atom stereocenters. The Morgan fingerprint density at radius 3 is 2.74 bits per heavy atom. The molecule has 2 heterocycles. The number of carbonyl (C=O) groups excluding carboxylic acids is 1. The summed E-state index contributed by atoms with van der Waals surface area (Å²) in [5.74, 6) is 0.213. The van der Waals surface area contributed by atoms with E-state index in [-0.39, 0.29) is 11.8 Å². The molecule has 1 amide bonds. The van der Waals surface area contributed by atoms with Crippen LogP contribution in [0.5, 0.6) is 0 Å². The van der Waals surface area contributed by atoms with Crippen LogP contribution in [-0.4, -0.2) is 17.4 Å². The van der Waals surface area contributed by atoms with Gasteiger partial charge < -0.3 is 5.32 Å². The highest BCUT2D eigenvalue weighted by atomic mass is 32.1. The molecule has 0 spiro atoms. The molecule has 0 unspecified atom stereocenters. The van der Waals surface area contributed by atoms with Gasteiger partial charge in [0, 0.05) is 30.4 Å². The Kier molecular flexibility index (Phi) is 5.56. The number of hydrogen-bond acceptors (Lipinski definition) is 4. The minimum atomic E-state index is 0.103. The summed E-state index contributed by atoms with van der Waals surface area (Å²) in [7, 11) is 0. The van der Waals surface area contributed by atoms with Gasteiger partial charge in [-0.25, -0.2) is 0 Å². The maximum atomic E-state index is 12.6. The fourth-order valence-electron chi connectivity index (χ4n) is 4.22. The van der Waals surface area contributed by atoms with Gasteiger partial charge in [-0.15, -0.1) is 11.3 Å². The van der Waals surface area contributed by atoms with Crippen molar-refractivity contribution < 1.29 is 4.79 Å². The van der Waals surface area contributed by atoms with E-state index >= 15 is 0 Å². The average molecular weight is 380 g/mol. The van der Waals surface area contributed by atoms with Crippen LogP contribution >= 0.6 is 11.3 Å². The fourth-order valence-corrected chi connectivity index (χ4v) is 5.46. The van der Waals surface area contributed by atoms with Gasteiger partial charge in [0.1, 0.15) is 11.1 Å². The Morgan fingerprint density at radius 2 is 2.00 bits per heavy atom. The molecule has 0 bridgehead atoms. The van der Waals surface area contributed by atoms with Gasteiger partial charge >= 0.3 is 0 Å². The summed E-state index contributed by atoms with van der Waals surface area (Å²) in [5.41, 5.74) is 3.15. The Morgan fingerprint density at radius 1 is 1.22 bits per heavy atom. The first-order valence-electron chi connectivity index (χ1n) is 9.86. The van der Waals surface area contributed by atoms with E-state index < -0.39 is 0 Å². The van der Waals surface area contributed by atoms with Crippen molar-refractivity contribution in [1.29, 1.82) is 5.26 Å². The van der Waals surface area contributed by atoms with Crippen molar-refractivity contribution in [1.82, 2.24) is 4.90 Å². The average Bonchev–Trinajstić information content (AvgIpc) is 3.05. The SMILES string of the molecule is N#Cc1c(NC(=O)C2CCCCC2)sc2c1CCN(Cc1ccccc1)C2. The molecule has 1 aliphatic heterocycles. The van der Waals surface area contributed by atoms with Crippen LogP contribution in [0.4, 0.5) is 5.00 Å². The van der Waals surface area contributed by atoms with Crippen molar-refractivity contribution in [2.24, 2.45) is 5.92 Å². The molecular weight excluding hydrogens is 354 g/mol. The lowest BCUT2D eigenvalue weighted by Crippen LogP contribution is -2.29. The lowest BCUT2D eigenvalue weighted by atomic mass is 9.89. The van der Waals surface area contributed by atoms with Crippen molar-refractivity contribution in [3.63, 3.8) is 0 Å². The first-order valence-corrected chi connectivity index (χ1v) is 10.7. The lowest BCUT2D eigenvalue weighted by Gasteiger charge is -2.26. The molecular formula is C22H25N3OS. The molecule has 1 aliphatic carbocycles. The first-order chi connectivity index (χ1) is 13.2. The van der Waals surface area contributed by atoms with E-state index in [1.54, 1.807) is 11.3 Å². The predicted octanol–water partition coefficient (Wildman–Crippen LogP) is 4.70. The van der Waals surface area contributed by atoms with Crippen LogP contribution in [0.15, 0.2) is 30.3 Å². The zero-order valence-electron chi connectivity index (χ0n) is 15.5. The molecule has 2 aromatic rings. The second-order valence-corrected chi connectivity index (χ2v) is 8.70. The summed E-state index contributed by atoms with van der Waals surface area (Å²) in [6, 6.07) is 12.8. The van der Waals surface area contributed by atoms with Gasteiger partial charge in [0.25, 0.3) is 0 Å². The van der Waals surface area contributed by atoms with Crippen molar-refractivity contribution in [2.45, 2.75) is 51.6 Å². The fraction of sp³-hybridized carbons (Fsp3) is 0.455. The lowest BCUT2D eigenvalue weighted by molar-refractivity contribution is -0.120. The Hall–Kier alpha value is -2.16. The number of carbonyl (C=O) groups is 1. The van der Waals surface area contributed by atoms with Crippen LogP contribution in [0, 0.1) is 17.2 Å². The number of hydrogen-bond donors (Lipinski definition) is 1. The Bertz CT molecular complexity index is 846. The number of anilines is 1. The van der Waals surface area contributed by atoms with E-state index in [9.17, 15) is 10.1 Å². The van der Waals surface area contributed by atoms with Gasteiger partial charge in [0.15, 0.2) is 0 Å². The van der Waals surface area contributed by atoms with Crippen LogP contribution < -0.4 is 5.32 Å². The number of nitriles is 1. The van der Waals surface area contributed by atoms with Gasteiger partial charge in [0.05, 0.1) is 5.56 Å². The van der Waals surface area contributed by atoms with E-state index in [1.807, 2.05) is 6.07 Å². The number of nitrogens with zero attached hydrogens (tertiary/aromatic N) is 2. The maximum absolute atomic E-state index is 12.6. The Labute approximate surface area is 164 Å². The molecule has 5 heteroatoms. The zero-order chi connectivity index (χ0) is 18.6. The van der Waals surface area contributed by atoms with E-state index in [0.717, 1.165) is 62.3 Å². The second kappa shape index (κ2) is 8.24. The highest BCUT2D eigenvalue weighted by molar-refractivity contribution is 7.16. The first kappa shape index (κ1) is 18.2. The molecule has 140 valence electrons. The van der Waals surface area contributed by atoms with Gasteiger partial charge in [-0.05, 0) is 30.4 Å². The summed E-state index contributed by atoms with van der Waals surface area (Å²) >= 11 is 1.60. The molecule has 0 saturated heterocycles. The van der Waals surface area contributed by atoms with Crippen LogP contribution in [0.3, 0.4) is 0 Å². The molecule has 1 saturated carbocycles. The maximum Gasteiger partial charge on any atom is 0.228 e. The number of amides is 1. The third-order valence-corrected chi connectivity index (χ3v) is 6.84. The summed E-state index contributed by atoms with van der Waals surface area (Å²) in [6.45, 7) is 2.72. The molecule has 4 nitrogen and oxygen atoms in total. The Balaban J connectivity index is 1.48. The van der Waals surface area contributed by atoms with Crippen LogP contribution in [0.1, 0.15) is 53.7 Å². The summed E-state index contributed by atoms with van der Waals surface area (Å²) < 4.78 is 0. The third kappa shape index (κ3) is 4.07. The molecule has 27 heavy (non-hydrogen) atoms. The number of fused-ring (bicyclic) bond motifs is 1. The second-order valence-electron chi connectivity index (χ2n) is 7.59. The van der Waals surface area contributed by atoms with E-state index in [4.69, 9.17) is 0 Å². The molecule has 0 radical (unpaired) electrons. The molecule has 2 aliphatic rings. The molecule has 1 aromatic carbocycles. The van der Waals surface area contributed by atoms with Gasteiger partial charge in [-0.3, -0.25) is 9.69 Å². The smallest absolute Gasteiger partial charge is 0.228 e. The highest BCUT2D eigenvalue weighted by Crippen LogP contribution is 2.37. The predicted molar refractivity (Wildman–Crippen MR) is 108 cm³/mol. The van der Waals surface area contributed by atoms with E-state index in [0.29, 0.717) is 5.56 Å². The van der Waals surface area contributed by atoms with E-state index in [1.165, 1.54) is 16.9 Å². The van der Waals surface area contributed by atoms with Crippen LogP contribution in [-0.2, 0) is 24.3 Å². The van der Waals surface area contributed by atoms with Crippen LogP contribution in [0.25, 0.3) is 0 Å². The number of benzene rings is 1. The molecule has 1 N–H and O–H groups in total. The monoisotopic (exact) mass is 379 g/mol. The number of rotatable bonds is 4. The summed E-state index contributed by atoms with van der Waals surface area (Å²) in [4.78, 5) is 16.3. The van der Waals surface area contributed by atoms with Crippen molar-refractivity contribution >= 4 is 22.2 Å². The standard InChI is InChI=1S/C22H25N3OS/c23-13-19-18-11-12-25(14-16-7-3-1-4-8-16)15-20(18)27-22(19)24-21(26)17-9-5-2-6-10-17/h1,3-4,7-8,17H,2,5-6,9-12,14-15H2,(H,24,26). The molecule has 4 rings (SSSR count). The number of thiophene rings is 1. The van der Waals surface area contributed by atoms with Gasteiger partial charge in [-0.2, -0.15) is 5.26 Å². The molecule has 1 aromatic heterocycles. The van der Waals surface area contributed by atoms with Crippen molar-refractivity contribution in [2.75, 3.05) is 11.9 Å². The highest BCUT2D eigenvalue weighted by Gasteiger charge is 2.27. The van der Waals surface area contributed by atoms with E-state index in [2.05, 4.69) is 40.6 Å². The molecule has 1 fully saturated rings. The number of nitrogens with one attached hydrogen (secondary N) is 1. The van der Waals surface area contributed by atoms with Gasteiger partial charge in [-0.1, -0.05) is 49.6 Å². The minimum Gasteiger partial charge on any atom is -0.316 e. The van der Waals surface area contributed by atoms with Crippen molar-refractivity contribution in [3.8, 4) is 6.07 Å². The quantitative estimate of drug-likeness (QED) is 0.838. The van der Waals surface area contributed by atoms with Gasteiger partial charge in [0.2, 0.25) is 5.91 Å². The van der Waals surface area contributed by atoms with Crippen LogP contribution in [0.2, 0.25) is 0 Å². The normalized spacial score (nSPS) is 17.9. The summed E-state index contributed by atoms with van der Waals surface area (Å²) in [5, 5.41) is 13.5. The zero-order valence-corrected chi connectivity index (χ0v) is 16.4. The summed E-state index contributed by atoms with van der Waals surface area (Å²) in [6.07, 6.45) is 6.34. The topological polar surface area (TPSA) is 56.1 Å². The van der Waals surface area contributed by atoms with Crippen molar-refractivity contribution in [3.05, 3.63) is 51.9 Å². The largest absolute Gasteiger partial charge is 0.316 e. The minimum absolute atomic E-state index is 0.103.